The number of hydrogen-bond donors (Lipinski definition) is 0. The minimum absolute atomic E-state index is 0.00723. The molecule has 1 aromatic heterocycles. The van der Waals surface area contributed by atoms with Crippen molar-refractivity contribution < 1.29 is 0 Å². The Morgan fingerprint density at radius 1 is 0.403 bits per heavy atom. The first-order valence-electron chi connectivity index (χ1n) is 24.6. The van der Waals surface area contributed by atoms with Crippen molar-refractivity contribution in [1.29, 1.82) is 0 Å². The van der Waals surface area contributed by atoms with Gasteiger partial charge in [-0.2, -0.15) is 0 Å². The van der Waals surface area contributed by atoms with Crippen LogP contribution >= 0.6 is 11.3 Å². The van der Waals surface area contributed by atoms with Gasteiger partial charge in [-0.3, -0.25) is 0 Å². The Morgan fingerprint density at radius 2 is 0.821 bits per heavy atom. The highest BCUT2D eigenvalue weighted by Gasteiger charge is 2.45. The van der Waals surface area contributed by atoms with Crippen molar-refractivity contribution in [1.82, 2.24) is 4.98 Å². The average molecular weight is 904 g/mol. The van der Waals surface area contributed by atoms with E-state index in [9.17, 15) is 0 Å². The van der Waals surface area contributed by atoms with Crippen molar-refractivity contribution >= 4 is 78.8 Å². The molecule has 0 unspecified atom stereocenters. The molecule has 7 aromatic rings. The number of anilines is 6. The lowest BCUT2D eigenvalue weighted by Crippen LogP contribution is -2.61. The lowest BCUT2D eigenvalue weighted by atomic mass is 9.33. The summed E-state index contributed by atoms with van der Waals surface area (Å²) in [7, 11) is 0. The van der Waals surface area contributed by atoms with Crippen molar-refractivity contribution in [2.45, 2.75) is 164 Å². The van der Waals surface area contributed by atoms with E-state index in [0.29, 0.717) is 0 Å². The Bertz CT molecular complexity index is 3020. The summed E-state index contributed by atoms with van der Waals surface area (Å²) in [5, 5.41) is 1.06. The van der Waals surface area contributed by atoms with Gasteiger partial charge in [0.25, 0.3) is 6.71 Å². The van der Waals surface area contributed by atoms with Gasteiger partial charge in [-0.15, -0.1) is 11.3 Å². The second kappa shape index (κ2) is 15.4. The predicted octanol–water partition coefficient (Wildman–Crippen LogP) is 16.1. The number of fused-ring (bicyclic) bond motifs is 5. The largest absolute Gasteiger partial charge is 0.311 e. The molecular weight excluding hydrogens is 830 g/mol. The van der Waals surface area contributed by atoms with E-state index < -0.39 is 0 Å². The Kier molecular flexibility index (Phi) is 10.8. The normalized spacial score (nSPS) is 14.4. The van der Waals surface area contributed by atoms with E-state index in [4.69, 9.17) is 4.98 Å². The molecule has 2 aliphatic heterocycles. The highest BCUT2D eigenvalue weighted by Crippen LogP contribution is 2.49. The van der Waals surface area contributed by atoms with Gasteiger partial charge in [0.1, 0.15) is 5.01 Å². The maximum Gasteiger partial charge on any atom is 0.252 e. The SMILES string of the molecule is Cc1cc2c3c(c1)N(c1cc(C(C)(C)C)cc(C(C)(C)C)c1)c1cc4nc(-c5ccc(C(C)(C)C)cc5)sc4cc1B3c1cc(C(C)(C)C)ccc1N2c1cc(C(C)(C)C)cc(C(C)(C)C)c1. The van der Waals surface area contributed by atoms with Gasteiger partial charge >= 0.3 is 0 Å². The molecule has 346 valence electrons. The maximum atomic E-state index is 5.46. The summed E-state index contributed by atoms with van der Waals surface area (Å²) in [6.45, 7) is 44.3. The Balaban J connectivity index is 1.40. The zero-order valence-electron chi connectivity index (χ0n) is 44.1. The van der Waals surface area contributed by atoms with Gasteiger partial charge in [0.05, 0.1) is 10.2 Å². The van der Waals surface area contributed by atoms with E-state index in [0.717, 1.165) is 10.5 Å². The fourth-order valence-corrected chi connectivity index (χ4v) is 11.0. The summed E-state index contributed by atoms with van der Waals surface area (Å²) in [6.07, 6.45) is 0. The second-order valence-corrected chi connectivity index (χ2v) is 27.1. The summed E-state index contributed by atoms with van der Waals surface area (Å²) in [4.78, 5) is 10.7. The smallest absolute Gasteiger partial charge is 0.252 e. The molecule has 5 heteroatoms. The van der Waals surface area contributed by atoms with Crippen LogP contribution in [0.15, 0.2) is 103 Å². The molecule has 0 radical (unpaired) electrons. The maximum absolute atomic E-state index is 5.46. The molecule has 3 nitrogen and oxygen atoms in total. The molecule has 3 heterocycles. The number of aryl methyl sites for hydroxylation is 1. The molecule has 9 rings (SSSR count). The van der Waals surface area contributed by atoms with E-state index in [1.807, 2.05) is 11.3 Å². The van der Waals surface area contributed by atoms with Crippen LogP contribution in [0.3, 0.4) is 0 Å². The van der Waals surface area contributed by atoms with Crippen LogP contribution in [-0.2, 0) is 32.5 Å². The number of hydrogen-bond acceptors (Lipinski definition) is 4. The van der Waals surface area contributed by atoms with Crippen LogP contribution in [0.2, 0.25) is 0 Å². The Hall–Kier alpha value is -5.13. The molecule has 6 aromatic carbocycles. The molecule has 0 saturated carbocycles. The summed E-state index contributed by atoms with van der Waals surface area (Å²) >= 11 is 1.82. The standard InChI is InChI=1S/C62H74BN3S/c1-37-26-52-55-53(27-37)66(46-32-43(61(14,15)16)29-44(33-46)62(17,18)19)51-36-49-54(67-56(64-49)38-20-22-39(23-21-38)57(2,3)4)35-48(51)63(55)47-34-40(58(5,6)7)24-25-50(47)65(52)45-30-41(59(8,9)10)28-42(31-45)60(11,12)13/h20-36H,1-19H3. The predicted molar refractivity (Wildman–Crippen MR) is 296 cm³/mol. The van der Waals surface area contributed by atoms with Crippen LogP contribution in [0, 0.1) is 6.92 Å². The van der Waals surface area contributed by atoms with Crippen molar-refractivity contribution in [3.8, 4) is 10.6 Å². The number of rotatable bonds is 3. The third-order valence-electron chi connectivity index (χ3n) is 14.4. The highest BCUT2D eigenvalue weighted by atomic mass is 32.1. The van der Waals surface area contributed by atoms with E-state index in [2.05, 4.69) is 244 Å². The molecule has 2 aliphatic rings. The van der Waals surface area contributed by atoms with Gasteiger partial charge < -0.3 is 9.80 Å². The number of nitrogens with zero attached hydrogens (tertiary/aromatic N) is 3. The van der Waals surface area contributed by atoms with Crippen molar-refractivity contribution in [2.24, 2.45) is 0 Å². The summed E-state index contributed by atoms with van der Waals surface area (Å²) < 4.78 is 1.22. The van der Waals surface area contributed by atoms with Crippen LogP contribution in [0.25, 0.3) is 20.8 Å². The minimum Gasteiger partial charge on any atom is -0.311 e. The lowest BCUT2D eigenvalue weighted by molar-refractivity contribution is 0.568. The molecule has 0 fully saturated rings. The van der Waals surface area contributed by atoms with Crippen LogP contribution in [0.5, 0.6) is 0 Å². The summed E-state index contributed by atoms with van der Waals surface area (Å²) in [5.74, 6) is 0. The monoisotopic (exact) mass is 904 g/mol. The van der Waals surface area contributed by atoms with Gasteiger partial charge in [0.2, 0.25) is 0 Å². The molecular formula is C62H74BN3S. The topological polar surface area (TPSA) is 19.4 Å². The zero-order chi connectivity index (χ0) is 48.7. The number of aromatic nitrogens is 1. The zero-order valence-corrected chi connectivity index (χ0v) is 45.0. The molecule has 67 heavy (non-hydrogen) atoms. The Labute approximate surface area is 408 Å². The van der Waals surface area contributed by atoms with Crippen molar-refractivity contribution in [3.05, 3.63) is 142 Å². The summed E-state index contributed by atoms with van der Waals surface area (Å²) in [6, 6.07) is 41.1. The minimum atomic E-state index is -0.0541. The van der Waals surface area contributed by atoms with Crippen molar-refractivity contribution in [3.63, 3.8) is 0 Å². The van der Waals surface area contributed by atoms with Crippen LogP contribution in [-0.4, -0.2) is 11.7 Å². The molecule has 0 aliphatic carbocycles. The molecule has 0 atom stereocenters. The molecule has 0 bridgehead atoms. The molecule has 0 spiro atoms. The summed E-state index contributed by atoms with van der Waals surface area (Å²) in [5.41, 5.74) is 22.8. The fourth-order valence-electron chi connectivity index (χ4n) is 10.0. The van der Waals surface area contributed by atoms with Crippen LogP contribution < -0.4 is 26.2 Å². The highest BCUT2D eigenvalue weighted by molar-refractivity contribution is 7.21. The van der Waals surface area contributed by atoms with Crippen LogP contribution in [0.4, 0.5) is 34.1 Å². The lowest BCUT2D eigenvalue weighted by Gasteiger charge is -2.45. The molecule has 0 amide bonds. The van der Waals surface area contributed by atoms with Crippen LogP contribution in [0.1, 0.15) is 164 Å². The van der Waals surface area contributed by atoms with E-state index in [-0.39, 0.29) is 39.2 Å². The van der Waals surface area contributed by atoms with E-state index in [1.165, 1.54) is 99.7 Å². The van der Waals surface area contributed by atoms with Crippen molar-refractivity contribution in [2.75, 3.05) is 9.80 Å². The Morgan fingerprint density at radius 3 is 1.27 bits per heavy atom. The second-order valence-electron chi connectivity index (χ2n) is 26.1. The van der Waals surface area contributed by atoms with Gasteiger partial charge in [-0.25, -0.2) is 4.98 Å². The van der Waals surface area contributed by atoms with E-state index in [1.54, 1.807) is 0 Å². The average Bonchev–Trinajstić information content (AvgIpc) is 3.63. The van der Waals surface area contributed by atoms with Gasteiger partial charge in [0, 0.05) is 39.7 Å². The van der Waals surface area contributed by atoms with E-state index >= 15 is 0 Å². The molecule has 0 N–H and O–H groups in total. The number of thiazole rings is 1. The van der Waals surface area contributed by atoms with Gasteiger partial charge in [-0.1, -0.05) is 173 Å². The van der Waals surface area contributed by atoms with Gasteiger partial charge in [-0.05, 0) is 149 Å². The van der Waals surface area contributed by atoms with Gasteiger partial charge in [0.15, 0.2) is 0 Å². The quantitative estimate of drug-likeness (QED) is 0.165. The first-order chi connectivity index (χ1) is 30.9. The third-order valence-corrected chi connectivity index (χ3v) is 15.5. The first kappa shape index (κ1) is 47.0. The fraction of sp³-hybridized carbons (Fsp3) is 0.403. The first-order valence-corrected chi connectivity index (χ1v) is 25.5. The third kappa shape index (κ3) is 8.47. The molecule has 0 saturated heterocycles. The number of benzene rings is 6.